The number of nitrogens with one attached hydrogen (secondary N) is 2. The maximum absolute atomic E-state index is 11.9. The highest BCUT2D eigenvalue weighted by molar-refractivity contribution is 9.10. The van der Waals surface area contributed by atoms with Crippen LogP contribution in [0.4, 0.5) is 0 Å². The van der Waals surface area contributed by atoms with Crippen molar-refractivity contribution in [1.82, 2.24) is 10.6 Å². The fraction of sp³-hybridized carbons (Fsp3) is 0.533. The van der Waals surface area contributed by atoms with E-state index < -0.39 is 6.10 Å². The van der Waals surface area contributed by atoms with E-state index in [0.29, 0.717) is 5.75 Å². The predicted octanol–water partition coefficient (Wildman–Crippen LogP) is 1.30. The summed E-state index contributed by atoms with van der Waals surface area (Å²) in [6, 6.07) is 7.46. The molecule has 2 atom stereocenters. The molecule has 0 spiro atoms. The minimum Gasteiger partial charge on any atom is -0.490 e. The zero-order chi connectivity index (χ0) is 15.1. The summed E-state index contributed by atoms with van der Waals surface area (Å²) in [5, 5.41) is 15.9. The Labute approximate surface area is 133 Å². The molecule has 0 aromatic heterocycles. The fourth-order valence-corrected chi connectivity index (χ4v) is 2.64. The third-order valence-corrected chi connectivity index (χ3v) is 4.10. The van der Waals surface area contributed by atoms with E-state index in [1.165, 1.54) is 0 Å². The van der Waals surface area contributed by atoms with Gasteiger partial charge < -0.3 is 20.5 Å². The quantitative estimate of drug-likeness (QED) is 0.718. The molecule has 1 amide bonds. The van der Waals surface area contributed by atoms with Crippen molar-refractivity contribution in [3.05, 3.63) is 28.7 Å². The number of para-hydroxylation sites is 1. The predicted molar refractivity (Wildman–Crippen MR) is 84.2 cm³/mol. The SMILES string of the molecule is O=C(NC[C@@H](O)COc1ccccc1Br)[C@@H]1CCCNC1. The maximum atomic E-state index is 11.9. The second-order valence-corrected chi connectivity index (χ2v) is 6.04. The van der Waals surface area contributed by atoms with E-state index in [-0.39, 0.29) is 25.0 Å². The third-order valence-electron chi connectivity index (χ3n) is 3.45. The van der Waals surface area contributed by atoms with Gasteiger partial charge in [-0.2, -0.15) is 0 Å². The van der Waals surface area contributed by atoms with E-state index in [9.17, 15) is 9.90 Å². The number of halogens is 1. The zero-order valence-corrected chi connectivity index (χ0v) is 13.4. The second kappa shape index (κ2) is 8.36. The Morgan fingerprint density at radius 1 is 1.52 bits per heavy atom. The molecule has 1 aromatic rings. The Kier molecular flexibility index (Phi) is 6.48. The Morgan fingerprint density at radius 2 is 2.33 bits per heavy atom. The lowest BCUT2D eigenvalue weighted by Gasteiger charge is -2.22. The number of hydrogen-bond acceptors (Lipinski definition) is 4. The molecule has 0 radical (unpaired) electrons. The molecule has 6 heteroatoms. The van der Waals surface area contributed by atoms with Gasteiger partial charge in [-0.15, -0.1) is 0 Å². The number of amides is 1. The normalized spacial score (nSPS) is 19.8. The van der Waals surface area contributed by atoms with E-state index >= 15 is 0 Å². The van der Waals surface area contributed by atoms with Gasteiger partial charge in [0, 0.05) is 13.1 Å². The average Bonchev–Trinajstić information content (AvgIpc) is 2.52. The summed E-state index contributed by atoms with van der Waals surface area (Å²) >= 11 is 3.38. The van der Waals surface area contributed by atoms with Crippen molar-refractivity contribution in [2.45, 2.75) is 18.9 Å². The topological polar surface area (TPSA) is 70.6 Å². The van der Waals surface area contributed by atoms with Gasteiger partial charge in [-0.3, -0.25) is 4.79 Å². The van der Waals surface area contributed by atoms with Crippen LogP contribution in [0.25, 0.3) is 0 Å². The molecule has 116 valence electrons. The van der Waals surface area contributed by atoms with Crippen molar-refractivity contribution < 1.29 is 14.6 Å². The summed E-state index contributed by atoms with van der Waals surface area (Å²) in [5.74, 6) is 0.691. The number of ether oxygens (including phenoxy) is 1. The molecule has 0 bridgehead atoms. The van der Waals surface area contributed by atoms with Gasteiger partial charge in [0.1, 0.15) is 18.5 Å². The molecule has 1 aliphatic heterocycles. The van der Waals surface area contributed by atoms with E-state index in [2.05, 4.69) is 26.6 Å². The fourth-order valence-electron chi connectivity index (χ4n) is 2.25. The molecule has 1 saturated heterocycles. The Hall–Kier alpha value is -1.11. The van der Waals surface area contributed by atoms with Crippen LogP contribution in [-0.2, 0) is 4.79 Å². The van der Waals surface area contributed by atoms with Crippen LogP contribution in [-0.4, -0.2) is 43.4 Å². The molecule has 21 heavy (non-hydrogen) atoms. The smallest absolute Gasteiger partial charge is 0.224 e. The molecule has 0 aliphatic carbocycles. The van der Waals surface area contributed by atoms with Crippen LogP contribution < -0.4 is 15.4 Å². The van der Waals surface area contributed by atoms with Gasteiger partial charge in [-0.25, -0.2) is 0 Å². The molecule has 1 aliphatic rings. The van der Waals surface area contributed by atoms with Gasteiger partial charge in [-0.05, 0) is 47.4 Å². The summed E-state index contributed by atoms with van der Waals surface area (Å²) in [6.45, 7) is 2.05. The van der Waals surface area contributed by atoms with Crippen molar-refractivity contribution in [2.75, 3.05) is 26.2 Å². The number of aliphatic hydroxyl groups excluding tert-OH is 1. The Morgan fingerprint density at radius 3 is 3.05 bits per heavy atom. The standard InChI is InChI=1S/C15H21BrN2O3/c16-13-5-1-2-6-14(13)21-10-12(19)9-18-15(20)11-4-3-7-17-8-11/h1-2,5-6,11-12,17,19H,3-4,7-10H2,(H,18,20)/t11-,12-/m1/s1. The summed E-state index contributed by atoms with van der Waals surface area (Å²) < 4.78 is 6.36. The second-order valence-electron chi connectivity index (χ2n) is 5.18. The first-order valence-electron chi connectivity index (χ1n) is 7.20. The Bertz CT molecular complexity index is 464. The number of carbonyl (C=O) groups excluding carboxylic acids is 1. The zero-order valence-electron chi connectivity index (χ0n) is 11.8. The van der Waals surface area contributed by atoms with Crippen molar-refractivity contribution in [1.29, 1.82) is 0 Å². The highest BCUT2D eigenvalue weighted by Gasteiger charge is 2.21. The van der Waals surface area contributed by atoms with E-state index in [4.69, 9.17) is 4.74 Å². The minimum absolute atomic E-state index is 0.00198. The first-order chi connectivity index (χ1) is 10.2. The number of benzene rings is 1. The largest absolute Gasteiger partial charge is 0.490 e. The third kappa shape index (κ3) is 5.30. The van der Waals surface area contributed by atoms with Crippen LogP contribution in [0.15, 0.2) is 28.7 Å². The monoisotopic (exact) mass is 356 g/mol. The van der Waals surface area contributed by atoms with Gasteiger partial charge in [0.05, 0.1) is 10.4 Å². The Balaban J connectivity index is 1.68. The lowest BCUT2D eigenvalue weighted by Crippen LogP contribution is -2.43. The highest BCUT2D eigenvalue weighted by Crippen LogP contribution is 2.23. The maximum Gasteiger partial charge on any atom is 0.224 e. The molecule has 2 rings (SSSR count). The van der Waals surface area contributed by atoms with Crippen LogP contribution in [0.3, 0.4) is 0 Å². The molecular formula is C15H21BrN2O3. The van der Waals surface area contributed by atoms with Gasteiger partial charge in [0.25, 0.3) is 0 Å². The van der Waals surface area contributed by atoms with Crippen LogP contribution >= 0.6 is 15.9 Å². The number of carbonyl (C=O) groups is 1. The average molecular weight is 357 g/mol. The molecule has 3 N–H and O–H groups in total. The van der Waals surface area contributed by atoms with Crippen LogP contribution in [0.2, 0.25) is 0 Å². The minimum atomic E-state index is -0.724. The van der Waals surface area contributed by atoms with Gasteiger partial charge in [0.2, 0.25) is 5.91 Å². The summed E-state index contributed by atoms with van der Waals surface area (Å²) in [6.07, 6.45) is 1.20. The number of piperidine rings is 1. The van der Waals surface area contributed by atoms with E-state index in [0.717, 1.165) is 30.4 Å². The summed E-state index contributed by atoms with van der Waals surface area (Å²) in [7, 11) is 0. The van der Waals surface area contributed by atoms with E-state index in [1.54, 1.807) is 0 Å². The van der Waals surface area contributed by atoms with Gasteiger partial charge in [-0.1, -0.05) is 12.1 Å². The van der Waals surface area contributed by atoms with Crippen LogP contribution in [0, 0.1) is 5.92 Å². The van der Waals surface area contributed by atoms with Crippen molar-refractivity contribution in [3.8, 4) is 5.75 Å². The van der Waals surface area contributed by atoms with Gasteiger partial charge >= 0.3 is 0 Å². The lowest BCUT2D eigenvalue weighted by atomic mass is 9.99. The number of rotatable bonds is 6. The van der Waals surface area contributed by atoms with Crippen molar-refractivity contribution in [3.63, 3.8) is 0 Å². The summed E-state index contributed by atoms with van der Waals surface area (Å²) in [5.41, 5.74) is 0. The molecule has 1 heterocycles. The lowest BCUT2D eigenvalue weighted by molar-refractivity contribution is -0.126. The van der Waals surface area contributed by atoms with Crippen molar-refractivity contribution >= 4 is 21.8 Å². The number of hydrogen-bond donors (Lipinski definition) is 3. The summed E-state index contributed by atoms with van der Waals surface area (Å²) in [4.78, 5) is 11.9. The molecule has 5 nitrogen and oxygen atoms in total. The molecule has 0 unspecified atom stereocenters. The van der Waals surface area contributed by atoms with Crippen LogP contribution in [0.5, 0.6) is 5.75 Å². The molecule has 0 saturated carbocycles. The van der Waals surface area contributed by atoms with E-state index in [1.807, 2.05) is 24.3 Å². The molecule has 1 aromatic carbocycles. The molecular weight excluding hydrogens is 336 g/mol. The highest BCUT2D eigenvalue weighted by atomic mass is 79.9. The van der Waals surface area contributed by atoms with Crippen LogP contribution in [0.1, 0.15) is 12.8 Å². The van der Waals surface area contributed by atoms with Crippen molar-refractivity contribution in [2.24, 2.45) is 5.92 Å². The first-order valence-corrected chi connectivity index (χ1v) is 8.00. The molecule has 1 fully saturated rings. The first kappa shape index (κ1) is 16.3. The van der Waals surface area contributed by atoms with Gasteiger partial charge in [0.15, 0.2) is 0 Å². The number of aliphatic hydroxyl groups is 1.